The molecule has 0 unspecified atom stereocenters. The van der Waals surface area contributed by atoms with E-state index in [9.17, 15) is 0 Å². The van der Waals surface area contributed by atoms with Gasteiger partial charge in [-0.3, -0.25) is 0 Å². The lowest BCUT2D eigenvalue weighted by Gasteiger charge is -2.31. The maximum atomic E-state index is 6.75. The zero-order valence-electron chi connectivity index (χ0n) is 82.7. The van der Waals surface area contributed by atoms with Crippen molar-refractivity contribution in [3.05, 3.63) is 437 Å². The predicted molar refractivity (Wildman–Crippen MR) is 639 cm³/mol. The second kappa shape index (κ2) is 32.6. The van der Waals surface area contributed by atoms with Crippen LogP contribution in [0.25, 0.3) is 327 Å². The summed E-state index contributed by atoms with van der Waals surface area (Å²) >= 11 is 3.84. The third kappa shape index (κ3) is 11.9. The van der Waals surface area contributed by atoms with Crippen LogP contribution in [0, 0.1) is 0 Å². The fraction of sp³-hybridized carbons (Fsp3) is 0.0571. The summed E-state index contributed by atoms with van der Waals surface area (Å²) in [5.41, 5.74) is 43.7. The highest BCUT2D eigenvalue weighted by Crippen LogP contribution is 2.60. The van der Waals surface area contributed by atoms with Crippen LogP contribution in [0.15, 0.2) is 446 Å². The number of fused-ring (bicyclic) bond motifs is 12. The average molecular weight is 1950 g/mol. The Morgan fingerprint density at radius 1 is 0.193 bits per heavy atom. The molecule has 706 valence electrons. The zero-order chi connectivity index (χ0) is 98.7. The topological polar surface area (TPSA) is 55.9 Å². The molecule has 150 heavy (non-hydrogen) atoms. The Kier molecular flexibility index (Phi) is 18.5. The summed E-state index contributed by atoms with van der Waals surface area (Å²) in [7, 11) is 0. The summed E-state index contributed by atoms with van der Waals surface area (Å²) in [5.74, 6) is 0. The molecule has 0 aliphatic carbocycles. The van der Waals surface area contributed by atoms with Crippen molar-refractivity contribution in [3.63, 3.8) is 0 Å². The number of pyridine rings is 6. The number of aryl methyl sites for hydroxylation is 4. The van der Waals surface area contributed by atoms with E-state index < -0.39 is 0 Å². The molecule has 6 aliphatic heterocycles. The van der Waals surface area contributed by atoms with Crippen molar-refractivity contribution in [2.75, 3.05) is 0 Å². The number of nitrogens with zero attached hydrogens (tertiary/aromatic N) is 6. The fourth-order valence-electron chi connectivity index (χ4n) is 26.9. The van der Waals surface area contributed by atoms with Crippen LogP contribution in [0.3, 0.4) is 0 Å². The van der Waals surface area contributed by atoms with E-state index in [0.29, 0.717) is 0 Å². The molecule has 0 radical (unpaired) electrons. The smallest absolute Gasteiger partial charge is 0.143 e. The van der Waals surface area contributed by atoms with E-state index in [1.54, 1.807) is 0 Å². The van der Waals surface area contributed by atoms with Crippen LogP contribution >= 0.6 is 22.7 Å². The van der Waals surface area contributed by atoms with Gasteiger partial charge in [0.1, 0.15) is 22.3 Å². The molecule has 10 heteroatoms. The Balaban J connectivity index is 0.000000102. The summed E-state index contributed by atoms with van der Waals surface area (Å²) in [5, 5.41) is 25.4. The van der Waals surface area contributed by atoms with Crippen molar-refractivity contribution >= 4 is 238 Å². The third-order valence-electron chi connectivity index (χ3n) is 33.0. The number of furan rings is 2. The van der Waals surface area contributed by atoms with Crippen molar-refractivity contribution < 1.29 is 8.83 Å². The van der Waals surface area contributed by atoms with Gasteiger partial charge < -0.3 is 36.2 Å². The van der Waals surface area contributed by atoms with E-state index in [1.165, 1.54) is 227 Å². The molecule has 6 aliphatic rings. The van der Waals surface area contributed by atoms with Gasteiger partial charge in [0.05, 0.1) is 44.1 Å². The Morgan fingerprint density at radius 3 is 0.887 bits per heavy atom. The van der Waals surface area contributed by atoms with Gasteiger partial charge in [-0.05, 0) is 215 Å². The van der Waals surface area contributed by atoms with Crippen LogP contribution in [-0.2, 0) is 26.2 Å². The van der Waals surface area contributed by atoms with E-state index in [-0.39, 0.29) is 0 Å². The molecule has 0 amide bonds. The Morgan fingerprint density at radius 2 is 0.487 bits per heavy atom. The standard InChI is InChI=1S/C56H32N2O2.C48H32N2S2.C36H28N2/c1-3-15-33(16-4-1)57-45-27-13-21-37-44(42-26-12-24-40-36-20-8-10-30-50(36)60-56(40)42)32-48-54(51(37)45)53-47(57)31-43(41-25-11-23-39-35-19-7-9-29-49(35)59-55(39)41)38-22-14-28-46(52(38)53)58(48)34-17-5-2-6-18-34;1-3-49-37-21-11-15-29-36(34-20-10-18-32-28-14-6-8-24-42(28)52-48(32)34)26-40-46(43(29)37)45-39(49)25-35(30-16-12-22-38(44(30)45)50(40)4-2)33-19-9-17-31-27-13-5-7-23-41(27)51-47(31)33;1-3-37-29-19-11-17-25-22-28(24-15-9-6-10-16-24)36-34(31(25)29)33-32-26(18-12-20-30(32)38(36)4-2)21-27(35(33)37)23-13-7-5-8-14-23/h1-32H;5-26H,3-4H2,1-2H3;5-22H,3-4H2,1-2H3. The van der Waals surface area contributed by atoms with E-state index in [4.69, 9.17) is 8.83 Å². The first kappa shape index (κ1) is 85.0. The van der Waals surface area contributed by atoms with Crippen molar-refractivity contribution in [2.24, 2.45) is 0 Å². The lowest BCUT2D eigenvalue weighted by atomic mass is 9.82. The molecule has 8 nitrogen and oxygen atoms in total. The summed E-state index contributed by atoms with van der Waals surface area (Å²) in [6.45, 7) is 12.8. The molecule has 24 aromatic carbocycles. The monoisotopic (exact) mass is 1950 g/mol. The summed E-state index contributed by atoms with van der Waals surface area (Å²) in [6, 6.07) is 161. The molecule has 34 rings (SSSR count). The molecule has 0 saturated heterocycles. The van der Waals surface area contributed by atoms with Crippen LogP contribution in [0.1, 0.15) is 27.7 Å². The van der Waals surface area contributed by atoms with Gasteiger partial charge in [-0.15, -0.1) is 22.7 Å². The highest BCUT2D eigenvalue weighted by molar-refractivity contribution is 7.26. The van der Waals surface area contributed by atoms with Crippen LogP contribution in [-0.4, -0.2) is 27.4 Å². The van der Waals surface area contributed by atoms with Gasteiger partial charge in [0.25, 0.3) is 0 Å². The summed E-state index contributed by atoms with van der Waals surface area (Å²) in [6.07, 6.45) is 0. The molecule has 0 fully saturated rings. The van der Waals surface area contributed by atoms with Gasteiger partial charge >= 0.3 is 0 Å². The van der Waals surface area contributed by atoms with Crippen LogP contribution < -0.4 is 0 Å². The van der Waals surface area contributed by atoms with Gasteiger partial charge in [-0.1, -0.05) is 315 Å². The predicted octanol–water partition coefficient (Wildman–Crippen LogP) is 39.9. The van der Waals surface area contributed by atoms with Crippen molar-refractivity contribution in [1.29, 1.82) is 0 Å². The Labute approximate surface area is 869 Å². The molecular weight excluding hydrogens is 1860 g/mol. The number of para-hydroxylation sites is 6. The third-order valence-corrected chi connectivity index (χ3v) is 35.4. The number of rotatable bonds is 12. The van der Waals surface area contributed by atoms with Crippen LogP contribution in [0.4, 0.5) is 0 Å². The van der Waals surface area contributed by atoms with Gasteiger partial charge in [0.2, 0.25) is 0 Å². The minimum Gasteiger partial charge on any atom is -0.455 e. The minimum atomic E-state index is 0.884. The second-order valence-corrected chi connectivity index (χ2v) is 42.4. The van der Waals surface area contributed by atoms with E-state index in [0.717, 1.165) is 126 Å². The quantitative estimate of drug-likeness (QED) is 0.0904. The van der Waals surface area contributed by atoms with Crippen LogP contribution in [0.5, 0.6) is 0 Å². The largest absolute Gasteiger partial charge is 0.455 e. The van der Waals surface area contributed by atoms with Gasteiger partial charge in [0.15, 0.2) is 0 Å². The zero-order valence-corrected chi connectivity index (χ0v) is 84.3. The normalized spacial score (nSPS) is 12.4. The van der Waals surface area contributed by atoms with Crippen molar-refractivity contribution in [1.82, 2.24) is 27.4 Å². The highest BCUT2D eigenvalue weighted by atomic mass is 32.1. The number of benzene rings is 24. The van der Waals surface area contributed by atoms with E-state index in [1.807, 2.05) is 34.8 Å². The lowest BCUT2D eigenvalue weighted by Crippen LogP contribution is -2.12. The first-order valence-electron chi connectivity index (χ1n) is 52.5. The molecular formula is C140H92N6O2S2. The van der Waals surface area contributed by atoms with Gasteiger partial charge in [-0.2, -0.15) is 0 Å². The fourth-order valence-corrected chi connectivity index (χ4v) is 29.4. The highest BCUT2D eigenvalue weighted by Gasteiger charge is 2.36. The molecule has 0 atom stereocenters. The molecule has 10 heterocycles. The molecule has 28 aromatic rings. The summed E-state index contributed by atoms with van der Waals surface area (Å²) < 4.78 is 34.2. The molecule has 0 saturated carbocycles. The van der Waals surface area contributed by atoms with E-state index >= 15 is 0 Å². The first-order chi connectivity index (χ1) is 74.3. The molecule has 0 bridgehead atoms. The Hall–Kier alpha value is -18.3. The number of aromatic nitrogens is 6. The molecule has 4 aromatic heterocycles. The molecule has 0 N–H and O–H groups in total. The SMILES string of the molecule is CCn1c2c(-c3ccccc3)cc3cccc4c3c2-c2c3c(cccc31)cc(-c1ccccc1)c2n4CC.CCn1c2cc(-c3cccc4c3sc3ccccc34)c3cccc4c3c2-c2c3c(cccc31)c(-c1cccc3c1sc1ccccc13)cc2n4CC.c1ccc(-n2c3cc(-c4cccc5c4oc4ccccc45)c4cccc5c4c3-c3c4c(cccc42)c(-c2cccc4c2oc2ccccc24)cc3n5-c2ccccc2)cc1. The van der Waals surface area contributed by atoms with Crippen molar-refractivity contribution in [3.8, 4) is 112 Å². The van der Waals surface area contributed by atoms with Crippen LogP contribution in [0.2, 0.25) is 0 Å². The van der Waals surface area contributed by atoms with Gasteiger partial charge in [0, 0.05) is 221 Å². The maximum Gasteiger partial charge on any atom is 0.143 e. The minimum absolute atomic E-state index is 0.884. The first-order valence-corrected chi connectivity index (χ1v) is 54.1. The van der Waals surface area contributed by atoms with E-state index in [2.05, 4.69) is 480 Å². The molecule has 0 spiro atoms. The maximum absolute atomic E-state index is 6.75. The average Bonchev–Trinajstić information content (AvgIpc) is 1.06. The van der Waals surface area contributed by atoms with Crippen molar-refractivity contribution in [2.45, 2.75) is 53.9 Å². The number of hydrogen-bond acceptors (Lipinski definition) is 4. The number of hydrogen-bond donors (Lipinski definition) is 0. The Bertz CT molecular complexity index is 10800. The summed E-state index contributed by atoms with van der Waals surface area (Å²) in [4.78, 5) is 0. The second-order valence-electron chi connectivity index (χ2n) is 40.3. The van der Waals surface area contributed by atoms with Gasteiger partial charge in [-0.25, -0.2) is 0 Å². The lowest BCUT2D eigenvalue weighted by molar-refractivity contribution is 0.669. The number of thiophene rings is 2.